The molecule has 4 N–H and O–H groups in total. The largest absolute Gasteiger partial charge is 0.477 e. The molecule has 0 radical (unpaired) electrons. The van der Waals surface area contributed by atoms with E-state index in [0.717, 1.165) is 102 Å². The van der Waals surface area contributed by atoms with Gasteiger partial charge in [0.1, 0.15) is 23.3 Å². The van der Waals surface area contributed by atoms with Gasteiger partial charge in [-0.2, -0.15) is 24.3 Å². The molecule has 131 heavy (non-hydrogen) atoms. The number of aromatic nitrogens is 8. The quantitative estimate of drug-likeness (QED) is 0.0325. The maximum atomic E-state index is 15.1. The summed E-state index contributed by atoms with van der Waals surface area (Å²) < 4.78 is 102. The Hall–Kier alpha value is -13.8. The van der Waals surface area contributed by atoms with Crippen LogP contribution in [0.25, 0.3) is 87.7 Å². The van der Waals surface area contributed by atoms with E-state index < -0.39 is 46.1 Å². The third kappa shape index (κ3) is 20.8. The molecule has 24 nitrogen and oxygen atoms in total. The van der Waals surface area contributed by atoms with Crippen molar-refractivity contribution in [2.75, 3.05) is 78.8 Å². The molecule has 8 aromatic carbocycles. The lowest BCUT2D eigenvalue weighted by atomic mass is 10.1. The predicted molar refractivity (Wildman–Crippen MR) is 489 cm³/mol. The normalized spacial score (nSPS) is 17.7. The van der Waals surface area contributed by atoms with Crippen molar-refractivity contribution < 1.29 is 40.9 Å². The summed E-state index contributed by atoms with van der Waals surface area (Å²) in [5, 5.41) is 13.0. The number of nitrogens with zero attached hydrogens (tertiary/aromatic N) is 12. The molecule has 666 valence electrons. The van der Waals surface area contributed by atoms with Crippen molar-refractivity contribution in [2.45, 2.75) is 108 Å². The molecule has 8 aliphatic rings. The van der Waals surface area contributed by atoms with Gasteiger partial charge in [-0.05, 0) is 229 Å². The second-order valence-corrected chi connectivity index (χ2v) is 34.6. The fourth-order valence-electron chi connectivity index (χ4n) is 16.6. The zero-order valence-electron chi connectivity index (χ0n) is 71.7. The lowest BCUT2D eigenvalue weighted by Gasteiger charge is -2.18. The van der Waals surface area contributed by atoms with Crippen LogP contribution in [-0.2, 0) is 0 Å². The van der Waals surface area contributed by atoms with Crippen LogP contribution >= 0.6 is 11.6 Å². The van der Waals surface area contributed by atoms with E-state index in [4.69, 9.17) is 56.8 Å². The molecule has 0 spiro atoms. The second-order valence-electron chi connectivity index (χ2n) is 34.2. The van der Waals surface area contributed by atoms with Crippen LogP contribution in [0, 0.1) is 86.0 Å². The zero-order valence-corrected chi connectivity index (χ0v) is 72.5. The first-order valence-electron chi connectivity index (χ1n) is 44.1. The van der Waals surface area contributed by atoms with E-state index >= 15 is 4.39 Å². The molecule has 8 fully saturated rings. The minimum Gasteiger partial charge on any atom is -0.477 e. The van der Waals surface area contributed by atoms with Gasteiger partial charge in [0.2, 0.25) is 40.4 Å². The van der Waals surface area contributed by atoms with E-state index in [1.807, 2.05) is 84.9 Å². The number of rotatable bonds is 24. The van der Waals surface area contributed by atoms with Crippen LogP contribution in [0.1, 0.15) is 129 Å². The Morgan fingerprint density at radius 2 is 0.641 bits per heavy atom. The summed E-state index contributed by atoms with van der Waals surface area (Å²) in [7, 11) is 0. The van der Waals surface area contributed by atoms with Gasteiger partial charge in [-0.15, -0.1) is 0 Å². The van der Waals surface area contributed by atoms with Crippen molar-refractivity contribution in [3.63, 3.8) is 0 Å². The van der Waals surface area contributed by atoms with Gasteiger partial charge >= 0.3 is 0 Å². The number of ether oxygens (including phenoxy) is 4. The zero-order chi connectivity index (χ0) is 90.9. The van der Waals surface area contributed by atoms with Crippen LogP contribution < -0.4 is 62.5 Å². The van der Waals surface area contributed by atoms with E-state index in [2.05, 4.69) is 60.6 Å². The average molecular weight is 1790 g/mol. The van der Waals surface area contributed by atoms with Crippen molar-refractivity contribution in [3.8, 4) is 91.8 Å². The van der Waals surface area contributed by atoms with Gasteiger partial charge in [-0.25, -0.2) is 36.9 Å². The number of hydrogen-bond donors (Lipinski definition) is 4. The monoisotopic (exact) mass is 1790 g/mol. The topological polar surface area (TPSA) is 242 Å². The van der Waals surface area contributed by atoms with Crippen LogP contribution in [0.5, 0.6) is 23.5 Å². The Morgan fingerprint density at radius 1 is 0.351 bits per heavy atom. The molecule has 4 aliphatic carbocycles. The lowest BCUT2D eigenvalue weighted by molar-refractivity contribution is 0.237. The third-order valence-corrected chi connectivity index (χ3v) is 25.1. The molecular weight excluding hydrogens is 1700 g/mol. The van der Waals surface area contributed by atoms with Crippen molar-refractivity contribution in [2.24, 2.45) is 23.7 Å². The molecule has 30 heteroatoms. The highest BCUT2D eigenvalue weighted by Crippen LogP contribution is 2.45. The van der Waals surface area contributed by atoms with E-state index in [1.54, 1.807) is 37.3 Å². The summed E-state index contributed by atoms with van der Waals surface area (Å²) >= 11 is 6.41. The molecule has 0 amide bonds. The first kappa shape index (κ1) is 89.2. The minimum atomic E-state index is -1.09. The fraction of sp³-hybridized carbons (Fsp3) is 0.327. The van der Waals surface area contributed by atoms with E-state index in [9.17, 15) is 36.7 Å². The van der Waals surface area contributed by atoms with Gasteiger partial charge in [0.05, 0.1) is 87.1 Å². The maximum absolute atomic E-state index is 15.1. The maximum Gasteiger partial charge on any atom is 0.298 e. The second kappa shape index (κ2) is 40.1. The number of hydrogen-bond acceptors (Lipinski definition) is 16. The lowest BCUT2D eigenvalue weighted by Crippen LogP contribution is -2.27. The van der Waals surface area contributed by atoms with Crippen LogP contribution in [-0.4, -0.2) is 117 Å². The van der Waals surface area contributed by atoms with Gasteiger partial charge in [0.25, 0.3) is 33.9 Å². The van der Waals surface area contributed by atoms with E-state index in [0.29, 0.717) is 112 Å². The van der Waals surface area contributed by atoms with Gasteiger partial charge in [-0.3, -0.25) is 37.4 Å². The highest BCUT2D eigenvalue weighted by atomic mass is 35.5. The van der Waals surface area contributed by atoms with E-state index in [-0.39, 0.29) is 92.1 Å². The van der Waals surface area contributed by atoms with Gasteiger partial charge in [0.15, 0.2) is 28.3 Å². The summed E-state index contributed by atoms with van der Waals surface area (Å²) in [5.41, 5.74) is 6.71. The molecule has 4 aromatic heterocycles. The SMILES string of the molecule is [C-]#[N+]c1ccc(-c2nc(OC[C@H]3CCNC3)c(C)c(=O)n2-c2ccc(C3CC3)cc2)cc1F.[C-]#[N+]c1ccc(-c2nc(OC[C@H]3CCNC3)c(Cl)c(=O)n2-c2ccc(C3CC3)cc2)cc1F.[C-]#[N+]c1ccc(-c2nc(OC[C@H]3CCNC3)c(F)c(=O)n2-c2ccc(C3CC3)cc2)cc1F.[C-]#[N+]c1ccc(-c2nc(OC[C@H]3CCNC3)cc(=O)n2-c2ccc(C3CC3)cc2)cc1F. The predicted octanol–water partition coefficient (Wildman–Crippen LogP) is 18.9. The molecule has 4 atom stereocenters. The summed E-state index contributed by atoms with van der Waals surface area (Å²) in [6, 6.07) is 48.8. The average Bonchev–Trinajstić information content (AvgIpc) is 1.74. The number of halogens is 6. The standard InChI is InChI=1S/C26H25FN4O2.C25H22ClFN4O2.C25H22F2N4O2.C25H23FN4O2/c1-16-25(33-15-17-11-12-29-14-17)30-24(20-7-10-23(28-2)22(27)13-20)31(26(16)32)21-8-5-19(6-9-21)18-3-4-18;1-28-21-9-6-18(12-20(21)27)23-30-24(33-14-15-10-11-29-13-15)22(26)25(32)31(23)19-7-4-17(5-8-19)16-2-3-16;1-28-21-9-6-18(12-20(21)26)23-30-24(33-14-15-10-11-29-13-15)22(27)25(32)31(23)19-7-4-17(5-8-19)16-2-3-16;1-27-22-9-6-19(12-21(22)26)25-29-23(32-15-16-10-11-28-14-16)13-24(31)30(25)20-7-4-18(5-8-20)17-2-3-17/h5-10,13,17-18,29H,3-4,11-12,14-15H2,1H3;2*4-9,12,15-16,29H,2-3,10-11,13-14H2;4-9,12-13,16-17,28H,2-3,10-11,14-15H2/t17-;2*15-;16-/m0000/s1. The summed E-state index contributed by atoms with van der Waals surface area (Å²) in [6.07, 6.45) is 13.3. The van der Waals surface area contributed by atoms with Crippen molar-refractivity contribution in [1.82, 2.24) is 59.5 Å². The minimum absolute atomic E-state index is 0.0316. The third-order valence-electron chi connectivity index (χ3n) is 24.7. The van der Waals surface area contributed by atoms with Crippen LogP contribution in [0.2, 0.25) is 5.02 Å². The first-order valence-corrected chi connectivity index (χ1v) is 44.5. The molecule has 4 aliphatic heterocycles. The van der Waals surface area contributed by atoms with Crippen LogP contribution in [0.3, 0.4) is 0 Å². The van der Waals surface area contributed by atoms with Crippen LogP contribution in [0.15, 0.2) is 195 Å². The number of benzene rings is 8. The van der Waals surface area contributed by atoms with Crippen molar-refractivity contribution >= 4 is 34.4 Å². The molecular formula is C101H92ClF5N16O8. The fourth-order valence-corrected chi connectivity index (χ4v) is 16.8. The molecule has 12 aromatic rings. The molecule has 0 bridgehead atoms. The summed E-state index contributed by atoms with van der Waals surface area (Å²) in [6.45, 7) is 38.6. The molecule has 0 unspecified atom stereocenters. The first-order chi connectivity index (χ1) is 63.8. The van der Waals surface area contributed by atoms with E-state index in [1.165, 1.54) is 129 Å². The van der Waals surface area contributed by atoms with Gasteiger partial charge in [0, 0.05) is 72.1 Å². The van der Waals surface area contributed by atoms with Crippen molar-refractivity contribution in [1.29, 1.82) is 0 Å². The highest BCUT2D eigenvalue weighted by Gasteiger charge is 2.32. The molecule has 4 saturated heterocycles. The Kier molecular flexibility index (Phi) is 27.3. The summed E-state index contributed by atoms with van der Waals surface area (Å²) in [5.74, 6) is 0.698. The molecule has 20 rings (SSSR count). The van der Waals surface area contributed by atoms with Gasteiger partial charge < -0.3 is 40.2 Å². The number of nitrogens with one attached hydrogen (secondary N) is 4. The van der Waals surface area contributed by atoms with Crippen LogP contribution in [0.4, 0.5) is 44.7 Å². The van der Waals surface area contributed by atoms with Gasteiger partial charge in [-0.1, -0.05) is 109 Å². The Bertz CT molecular complexity index is 6230. The van der Waals surface area contributed by atoms with Crippen molar-refractivity contribution in [3.05, 3.63) is 325 Å². The summed E-state index contributed by atoms with van der Waals surface area (Å²) in [4.78, 5) is 84.0. The molecule has 8 heterocycles. The Morgan fingerprint density at radius 3 is 0.962 bits per heavy atom. The Labute approximate surface area is 757 Å². The molecule has 4 saturated carbocycles. The highest BCUT2D eigenvalue weighted by molar-refractivity contribution is 6.31. The smallest absolute Gasteiger partial charge is 0.298 e. The Balaban J connectivity index is 0.000000122.